The summed E-state index contributed by atoms with van der Waals surface area (Å²) in [6.45, 7) is 0. The van der Waals surface area contributed by atoms with E-state index in [0.717, 1.165) is 26.1 Å². The molecule has 0 aliphatic heterocycles. The molecule has 0 aromatic heterocycles. The second kappa shape index (κ2) is 3.66. The van der Waals surface area contributed by atoms with Crippen LogP contribution in [-0.4, -0.2) is 5.66 Å². The minimum Gasteiger partial charge on any atom is -0.0869 e. The highest BCUT2D eigenvalue weighted by Crippen LogP contribution is 2.51. The number of benzene rings is 1. The van der Waals surface area contributed by atoms with Crippen molar-refractivity contribution in [2.24, 2.45) is 11.8 Å². The lowest BCUT2D eigenvalue weighted by molar-refractivity contribution is 0.490. The Hall–Kier alpha value is -0.350. The van der Waals surface area contributed by atoms with Crippen molar-refractivity contribution in [2.45, 2.75) is 31.3 Å². The van der Waals surface area contributed by atoms with E-state index in [4.69, 9.17) is 0 Å². The zero-order valence-electron chi connectivity index (χ0n) is 8.45. The van der Waals surface area contributed by atoms with E-state index in [0.29, 0.717) is 0 Å². The van der Waals surface area contributed by atoms with Gasteiger partial charge in [0, 0.05) is 0 Å². The van der Waals surface area contributed by atoms with E-state index in [1.807, 2.05) is 0 Å². The highest BCUT2D eigenvalue weighted by atomic mass is 31.1. The van der Waals surface area contributed by atoms with Crippen molar-refractivity contribution >= 4 is 13.9 Å². The average molecular weight is 204 g/mol. The van der Waals surface area contributed by atoms with Crippen molar-refractivity contribution < 1.29 is 0 Å². The van der Waals surface area contributed by atoms with Crippen LogP contribution >= 0.6 is 8.58 Å². The molecule has 4 unspecified atom stereocenters. The van der Waals surface area contributed by atoms with Crippen molar-refractivity contribution in [3.05, 3.63) is 30.3 Å². The number of fused-ring (bicyclic) bond motifs is 2. The van der Waals surface area contributed by atoms with E-state index in [1.165, 1.54) is 19.3 Å². The molecule has 3 rings (SSSR count). The summed E-state index contributed by atoms with van der Waals surface area (Å²) < 4.78 is 0. The van der Waals surface area contributed by atoms with E-state index >= 15 is 0 Å². The maximum atomic E-state index is 2.30. The Bertz CT molecular complexity index is 306. The van der Waals surface area contributed by atoms with Crippen LogP contribution in [0.3, 0.4) is 0 Å². The quantitative estimate of drug-likeness (QED) is 0.649. The third kappa shape index (κ3) is 1.61. The molecule has 2 aliphatic rings. The van der Waals surface area contributed by atoms with Crippen LogP contribution < -0.4 is 5.30 Å². The summed E-state index contributed by atoms with van der Waals surface area (Å²) in [5.74, 6) is 2.18. The Kier molecular flexibility index (Phi) is 2.33. The molecule has 1 aromatic rings. The average Bonchev–Trinajstić information content (AvgIpc) is 2.81. The van der Waals surface area contributed by atoms with Gasteiger partial charge in [-0.25, -0.2) is 0 Å². The fraction of sp³-hybridized carbons (Fsp3) is 0.538. The van der Waals surface area contributed by atoms with Gasteiger partial charge in [-0.05, 0) is 42.1 Å². The predicted molar refractivity (Wildman–Crippen MR) is 63.6 cm³/mol. The van der Waals surface area contributed by atoms with E-state index in [9.17, 15) is 0 Å². The van der Waals surface area contributed by atoms with Crippen molar-refractivity contribution in [1.29, 1.82) is 0 Å². The van der Waals surface area contributed by atoms with Crippen LogP contribution in [0.1, 0.15) is 25.7 Å². The van der Waals surface area contributed by atoms with Crippen LogP contribution in [0.2, 0.25) is 0 Å². The molecule has 14 heavy (non-hydrogen) atoms. The van der Waals surface area contributed by atoms with Gasteiger partial charge in [0.1, 0.15) is 0 Å². The molecular weight excluding hydrogens is 187 g/mol. The summed E-state index contributed by atoms with van der Waals surface area (Å²) in [5.41, 5.74) is 1.04. The molecule has 74 valence electrons. The second-order valence-corrected chi connectivity index (χ2v) is 6.40. The van der Waals surface area contributed by atoms with Gasteiger partial charge in [0.05, 0.1) is 0 Å². The minimum atomic E-state index is 1.04. The third-order valence-electron chi connectivity index (χ3n) is 3.86. The zero-order valence-corrected chi connectivity index (χ0v) is 9.45. The normalized spacial score (nSPS) is 35.9. The molecule has 0 saturated heterocycles. The van der Waals surface area contributed by atoms with Crippen molar-refractivity contribution in [1.82, 2.24) is 0 Å². The molecule has 0 N–H and O–H groups in total. The molecule has 1 aromatic carbocycles. The van der Waals surface area contributed by atoms with Gasteiger partial charge in [-0.3, -0.25) is 0 Å². The van der Waals surface area contributed by atoms with E-state index in [-0.39, 0.29) is 0 Å². The van der Waals surface area contributed by atoms with Crippen LogP contribution in [0.25, 0.3) is 0 Å². The lowest BCUT2D eigenvalue weighted by Gasteiger charge is -2.21. The van der Waals surface area contributed by atoms with Crippen LogP contribution in [0, 0.1) is 11.8 Å². The summed E-state index contributed by atoms with van der Waals surface area (Å²) in [7, 11) is 1.08. The minimum absolute atomic E-state index is 1.04. The SMILES string of the molecule is c1ccc(PC2CC3CCC2C3)cc1. The largest absolute Gasteiger partial charge is 0.0869 e. The van der Waals surface area contributed by atoms with Gasteiger partial charge in [-0.15, -0.1) is 0 Å². The molecule has 0 heterocycles. The summed E-state index contributed by atoms with van der Waals surface area (Å²) in [4.78, 5) is 0. The van der Waals surface area contributed by atoms with Gasteiger partial charge < -0.3 is 0 Å². The first-order valence-corrected chi connectivity index (χ1v) is 6.81. The van der Waals surface area contributed by atoms with Gasteiger partial charge in [0.15, 0.2) is 0 Å². The molecule has 2 saturated carbocycles. The summed E-state index contributed by atoms with van der Waals surface area (Å²) in [5, 5.41) is 1.57. The standard InChI is InChI=1S/C13H17P/c1-2-4-12(5-3-1)14-13-9-10-6-7-11(13)8-10/h1-5,10-11,13-14H,6-9H2. The predicted octanol–water partition coefficient (Wildman–Crippen LogP) is 3.18. The van der Waals surface area contributed by atoms with Crippen molar-refractivity contribution in [3.8, 4) is 0 Å². The molecule has 0 spiro atoms. The highest BCUT2D eigenvalue weighted by Gasteiger charge is 2.39. The summed E-state index contributed by atoms with van der Waals surface area (Å²) in [6, 6.07) is 11.1. The van der Waals surface area contributed by atoms with Gasteiger partial charge in [0.2, 0.25) is 0 Å². The molecule has 2 bridgehead atoms. The van der Waals surface area contributed by atoms with Crippen molar-refractivity contribution in [3.63, 3.8) is 0 Å². The molecule has 4 atom stereocenters. The molecule has 1 heteroatoms. The molecule has 0 amide bonds. The second-order valence-electron chi connectivity index (χ2n) is 4.79. The first-order chi connectivity index (χ1) is 6.92. The number of rotatable bonds is 2. The van der Waals surface area contributed by atoms with Crippen molar-refractivity contribution in [2.75, 3.05) is 0 Å². The Morgan fingerprint density at radius 3 is 2.50 bits per heavy atom. The van der Waals surface area contributed by atoms with E-state index in [1.54, 1.807) is 11.7 Å². The lowest BCUT2D eigenvalue weighted by atomic mass is 10.0. The van der Waals surface area contributed by atoms with Gasteiger partial charge >= 0.3 is 0 Å². The molecular formula is C13H17P. The van der Waals surface area contributed by atoms with Gasteiger partial charge in [-0.2, -0.15) is 0 Å². The molecule has 0 radical (unpaired) electrons. The Balaban J connectivity index is 1.69. The Morgan fingerprint density at radius 1 is 1.00 bits per heavy atom. The summed E-state index contributed by atoms with van der Waals surface area (Å²) in [6.07, 6.45) is 6.12. The molecule has 0 nitrogen and oxygen atoms in total. The Morgan fingerprint density at radius 2 is 1.86 bits per heavy atom. The summed E-state index contributed by atoms with van der Waals surface area (Å²) >= 11 is 0. The van der Waals surface area contributed by atoms with Crippen LogP contribution in [0.4, 0.5) is 0 Å². The first-order valence-electron chi connectivity index (χ1n) is 5.73. The molecule has 2 aliphatic carbocycles. The Labute approximate surface area is 87.9 Å². The van der Waals surface area contributed by atoms with Crippen LogP contribution in [0.5, 0.6) is 0 Å². The van der Waals surface area contributed by atoms with Gasteiger partial charge in [-0.1, -0.05) is 45.3 Å². The zero-order chi connectivity index (χ0) is 9.38. The van der Waals surface area contributed by atoms with E-state index < -0.39 is 0 Å². The fourth-order valence-corrected chi connectivity index (χ4v) is 4.97. The number of hydrogen-bond acceptors (Lipinski definition) is 0. The van der Waals surface area contributed by atoms with E-state index in [2.05, 4.69) is 30.3 Å². The number of hydrogen-bond donors (Lipinski definition) is 0. The topological polar surface area (TPSA) is 0 Å². The maximum absolute atomic E-state index is 2.30. The maximum Gasteiger partial charge on any atom is -0.0165 e. The smallest absolute Gasteiger partial charge is 0.0165 e. The monoisotopic (exact) mass is 204 g/mol. The lowest BCUT2D eigenvalue weighted by Crippen LogP contribution is -2.14. The highest BCUT2D eigenvalue weighted by molar-refractivity contribution is 7.48. The van der Waals surface area contributed by atoms with Gasteiger partial charge in [0.25, 0.3) is 0 Å². The molecule has 2 fully saturated rings. The van der Waals surface area contributed by atoms with Crippen LogP contribution in [0.15, 0.2) is 30.3 Å². The van der Waals surface area contributed by atoms with Crippen LogP contribution in [-0.2, 0) is 0 Å². The fourth-order valence-electron chi connectivity index (χ4n) is 3.17. The first kappa shape index (κ1) is 8.92. The third-order valence-corrected chi connectivity index (χ3v) is 5.61.